The van der Waals surface area contributed by atoms with Gasteiger partial charge in [0.1, 0.15) is 5.75 Å². The van der Waals surface area contributed by atoms with Gasteiger partial charge in [-0.15, -0.1) is 0 Å². The van der Waals surface area contributed by atoms with E-state index in [0.717, 1.165) is 12.3 Å². The van der Waals surface area contributed by atoms with Crippen molar-refractivity contribution in [1.29, 1.82) is 0 Å². The minimum Gasteiger partial charge on any atom is -0.496 e. The van der Waals surface area contributed by atoms with Crippen LogP contribution in [-0.4, -0.2) is 20.7 Å². The molecule has 0 saturated carbocycles. The van der Waals surface area contributed by atoms with Gasteiger partial charge in [0.15, 0.2) is 0 Å². The lowest BCUT2D eigenvalue weighted by atomic mass is 9.74. The van der Waals surface area contributed by atoms with Crippen molar-refractivity contribution >= 4 is 0 Å². The molecule has 0 bridgehead atoms. The zero-order chi connectivity index (χ0) is 14.6. The van der Waals surface area contributed by atoms with E-state index in [4.69, 9.17) is 4.74 Å². The lowest BCUT2D eigenvalue weighted by molar-refractivity contribution is 0.354. The maximum atomic E-state index is 5.42. The summed E-state index contributed by atoms with van der Waals surface area (Å²) in [6.07, 6.45) is 1.18. The quantitative estimate of drug-likeness (QED) is 0.842. The summed E-state index contributed by atoms with van der Waals surface area (Å²) in [5.74, 6) is 1.66. The van der Waals surface area contributed by atoms with Gasteiger partial charge >= 0.3 is 0 Å². The maximum absolute atomic E-state index is 5.42. The van der Waals surface area contributed by atoms with E-state index >= 15 is 0 Å². The van der Waals surface area contributed by atoms with Gasteiger partial charge in [-0.05, 0) is 56.0 Å². The number of benzene rings is 1. The summed E-state index contributed by atoms with van der Waals surface area (Å²) >= 11 is 0. The summed E-state index contributed by atoms with van der Waals surface area (Å²) in [5.41, 5.74) is 4.15. The van der Waals surface area contributed by atoms with E-state index < -0.39 is 0 Å². The average Bonchev–Trinajstić information content (AvgIpc) is 2.30. The van der Waals surface area contributed by atoms with Gasteiger partial charge in [-0.3, -0.25) is 0 Å². The molecule has 19 heavy (non-hydrogen) atoms. The van der Waals surface area contributed by atoms with Crippen molar-refractivity contribution in [3.05, 3.63) is 28.8 Å². The largest absolute Gasteiger partial charge is 0.496 e. The number of rotatable bonds is 6. The molecule has 1 rings (SSSR count). The first-order valence-electron chi connectivity index (χ1n) is 7.14. The van der Waals surface area contributed by atoms with Crippen molar-refractivity contribution in [2.24, 2.45) is 5.92 Å². The molecule has 1 atom stereocenters. The van der Waals surface area contributed by atoms with Gasteiger partial charge in [0, 0.05) is 12.0 Å². The van der Waals surface area contributed by atoms with Crippen LogP contribution in [0.2, 0.25) is 0 Å². The van der Waals surface area contributed by atoms with Crippen LogP contribution < -0.4 is 10.1 Å². The number of nitrogens with one attached hydrogen (secondary N) is 1. The first kappa shape index (κ1) is 16.0. The Morgan fingerprint density at radius 1 is 1.21 bits per heavy atom. The lowest BCUT2D eigenvalue weighted by Gasteiger charge is -2.34. The minimum absolute atomic E-state index is 0.171. The minimum atomic E-state index is 0.171. The Hall–Kier alpha value is -1.02. The Morgan fingerprint density at radius 3 is 2.32 bits per heavy atom. The molecule has 1 unspecified atom stereocenters. The number of likely N-dealkylation sites (N-methyl/N-ethyl adjacent to an activating group) is 1. The van der Waals surface area contributed by atoms with E-state index in [9.17, 15) is 0 Å². The van der Waals surface area contributed by atoms with Gasteiger partial charge in [0.05, 0.1) is 7.11 Å². The van der Waals surface area contributed by atoms with Crippen molar-refractivity contribution in [1.82, 2.24) is 5.32 Å². The zero-order valence-corrected chi connectivity index (χ0v) is 13.6. The molecule has 0 fully saturated rings. The fourth-order valence-electron chi connectivity index (χ4n) is 3.23. The van der Waals surface area contributed by atoms with E-state index in [-0.39, 0.29) is 5.41 Å². The van der Waals surface area contributed by atoms with E-state index in [2.05, 4.69) is 52.1 Å². The molecule has 0 amide bonds. The molecule has 0 spiro atoms. The highest BCUT2D eigenvalue weighted by atomic mass is 16.5. The molecule has 0 aliphatic heterocycles. The van der Waals surface area contributed by atoms with Crippen LogP contribution in [0.3, 0.4) is 0 Å². The van der Waals surface area contributed by atoms with Crippen molar-refractivity contribution in [2.45, 2.75) is 46.5 Å². The molecule has 0 radical (unpaired) electrons. The SMILES string of the molecule is CNCC(C)(CC(C)C)c1cc(C)c(OC)cc1C. The summed E-state index contributed by atoms with van der Waals surface area (Å²) < 4.78 is 5.42. The Balaban J connectivity index is 3.26. The molecule has 1 aromatic carbocycles. The number of methoxy groups -OCH3 is 1. The van der Waals surface area contributed by atoms with Gasteiger partial charge in [0.25, 0.3) is 0 Å². The highest BCUT2D eigenvalue weighted by Crippen LogP contribution is 2.35. The molecule has 0 aromatic heterocycles. The van der Waals surface area contributed by atoms with Crippen LogP contribution in [0.15, 0.2) is 12.1 Å². The van der Waals surface area contributed by atoms with Gasteiger partial charge in [-0.2, -0.15) is 0 Å². The standard InChI is InChI=1S/C17H29NO/c1-12(2)10-17(5,11-18-6)15-8-14(4)16(19-7)9-13(15)3/h8-9,12,18H,10-11H2,1-7H3. The third-order valence-corrected chi connectivity index (χ3v) is 3.82. The fraction of sp³-hybridized carbons (Fsp3) is 0.647. The van der Waals surface area contributed by atoms with Crippen molar-refractivity contribution in [2.75, 3.05) is 20.7 Å². The lowest BCUT2D eigenvalue weighted by Crippen LogP contribution is -2.36. The average molecular weight is 263 g/mol. The van der Waals surface area contributed by atoms with Crippen LogP contribution in [0, 0.1) is 19.8 Å². The predicted molar refractivity (Wildman–Crippen MR) is 83.2 cm³/mol. The van der Waals surface area contributed by atoms with Crippen LogP contribution in [-0.2, 0) is 5.41 Å². The summed E-state index contributed by atoms with van der Waals surface area (Å²) in [4.78, 5) is 0. The first-order valence-corrected chi connectivity index (χ1v) is 7.14. The van der Waals surface area contributed by atoms with Crippen molar-refractivity contribution in [3.8, 4) is 5.75 Å². The molecule has 0 aliphatic carbocycles. The van der Waals surface area contributed by atoms with Crippen molar-refractivity contribution in [3.63, 3.8) is 0 Å². The second-order valence-corrected chi connectivity index (χ2v) is 6.33. The summed E-state index contributed by atoms with van der Waals surface area (Å²) in [6, 6.07) is 4.47. The van der Waals surface area contributed by atoms with Crippen LogP contribution in [0.4, 0.5) is 0 Å². The second-order valence-electron chi connectivity index (χ2n) is 6.33. The summed E-state index contributed by atoms with van der Waals surface area (Å²) in [5, 5.41) is 3.36. The smallest absolute Gasteiger partial charge is 0.122 e. The highest BCUT2D eigenvalue weighted by Gasteiger charge is 2.29. The summed E-state index contributed by atoms with van der Waals surface area (Å²) in [7, 11) is 3.77. The zero-order valence-electron chi connectivity index (χ0n) is 13.6. The van der Waals surface area contributed by atoms with Gasteiger partial charge in [0.2, 0.25) is 0 Å². The van der Waals surface area contributed by atoms with Crippen LogP contribution in [0.1, 0.15) is 43.9 Å². The number of aryl methyl sites for hydroxylation is 2. The number of ether oxygens (including phenoxy) is 1. The van der Waals surface area contributed by atoms with E-state index in [1.807, 2.05) is 7.05 Å². The highest BCUT2D eigenvalue weighted by molar-refractivity contribution is 5.45. The van der Waals surface area contributed by atoms with Gasteiger partial charge in [-0.25, -0.2) is 0 Å². The van der Waals surface area contributed by atoms with E-state index in [1.165, 1.54) is 23.1 Å². The summed E-state index contributed by atoms with van der Waals surface area (Å²) in [6.45, 7) is 12.2. The number of hydrogen-bond acceptors (Lipinski definition) is 2. The third-order valence-electron chi connectivity index (χ3n) is 3.82. The second kappa shape index (κ2) is 6.42. The van der Waals surface area contributed by atoms with E-state index in [1.54, 1.807) is 7.11 Å². The van der Waals surface area contributed by atoms with Crippen LogP contribution in [0.5, 0.6) is 5.75 Å². The Morgan fingerprint density at radius 2 is 1.84 bits per heavy atom. The van der Waals surface area contributed by atoms with Crippen molar-refractivity contribution < 1.29 is 4.74 Å². The Labute approximate surface area is 118 Å². The van der Waals surface area contributed by atoms with Gasteiger partial charge < -0.3 is 10.1 Å². The topological polar surface area (TPSA) is 21.3 Å². The normalized spacial score (nSPS) is 14.5. The Kier molecular flexibility index (Phi) is 5.42. The molecule has 2 nitrogen and oxygen atoms in total. The molecular weight excluding hydrogens is 234 g/mol. The molecule has 1 aromatic rings. The van der Waals surface area contributed by atoms with Crippen LogP contribution >= 0.6 is 0 Å². The van der Waals surface area contributed by atoms with E-state index in [0.29, 0.717) is 5.92 Å². The molecule has 2 heteroatoms. The molecule has 0 saturated heterocycles. The molecule has 108 valence electrons. The van der Waals surface area contributed by atoms with Crippen LogP contribution in [0.25, 0.3) is 0 Å². The fourth-order valence-corrected chi connectivity index (χ4v) is 3.23. The molecule has 0 heterocycles. The molecule has 1 N–H and O–H groups in total. The van der Waals surface area contributed by atoms with Gasteiger partial charge in [-0.1, -0.05) is 26.8 Å². The third kappa shape index (κ3) is 3.73. The molecule has 0 aliphatic rings. The predicted octanol–water partition coefficient (Wildman–Crippen LogP) is 3.84. The molecular formula is C17H29NO. The monoisotopic (exact) mass is 263 g/mol. The Bertz CT molecular complexity index is 426. The maximum Gasteiger partial charge on any atom is 0.122 e. The number of hydrogen-bond donors (Lipinski definition) is 1. The first-order chi connectivity index (χ1) is 8.84.